The molecular weight excluding hydrogens is 468 g/mol. The number of carbonyl (C=O) groups excluding carboxylic acids is 1. The summed E-state index contributed by atoms with van der Waals surface area (Å²) in [6, 6.07) is 17.3. The summed E-state index contributed by atoms with van der Waals surface area (Å²) in [4.78, 5) is 41.4. The lowest BCUT2D eigenvalue weighted by Crippen LogP contribution is -2.35. The highest BCUT2D eigenvalue weighted by atomic mass is 16.3. The Morgan fingerprint density at radius 1 is 1.08 bits per heavy atom. The van der Waals surface area contributed by atoms with Crippen LogP contribution in [0.1, 0.15) is 33.9 Å². The first-order chi connectivity index (χ1) is 17.8. The number of aromatic amines is 1. The number of amides is 1. The van der Waals surface area contributed by atoms with Crippen LogP contribution in [0.25, 0.3) is 10.8 Å². The van der Waals surface area contributed by atoms with Crippen molar-refractivity contribution in [2.45, 2.75) is 32.9 Å². The Labute approximate surface area is 214 Å². The Bertz CT molecular complexity index is 1490. The monoisotopic (exact) mass is 498 g/mol. The molecule has 3 aromatic carbocycles. The first-order valence-corrected chi connectivity index (χ1v) is 12.1. The minimum Gasteiger partial charge on any atom is -0.396 e. The summed E-state index contributed by atoms with van der Waals surface area (Å²) in [5, 5.41) is 17.1. The zero-order valence-electron chi connectivity index (χ0n) is 21.1. The quantitative estimate of drug-likeness (QED) is 0.284. The highest BCUT2D eigenvalue weighted by Gasteiger charge is 2.25. The fourth-order valence-corrected chi connectivity index (χ4v) is 4.71. The number of hydrogen-bond donors (Lipinski definition) is 3. The topological polar surface area (TPSA) is 115 Å². The number of rotatable bonds is 9. The summed E-state index contributed by atoms with van der Waals surface area (Å²) < 4.78 is 0. The van der Waals surface area contributed by atoms with Crippen LogP contribution in [0.4, 0.5) is 11.4 Å². The molecule has 37 heavy (non-hydrogen) atoms. The van der Waals surface area contributed by atoms with Crippen LogP contribution in [-0.4, -0.2) is 34.6 Å². The molecule has 8 heteroatoms. The Balaban J connectivity index is 1.72. The lowest BCUT2D eigenvalue weighted by molar-refractivity contribution is -0.131. The third-order valence-electron chi connectivity index (χ3n) is 6.56. The molecule has 0 spiro atoms. The number of H-pyrrole nitrogens is 1. The number of carbonyl (C=O) groups is 1. The molecule has 0 saturated carbocycles. The van der Waals surface area contributed by atoms with Gasteiger partial charge < -0.3 is 20.3 Å². The van der Waals surface area contributed by atoms with Crippen LogP contribution in [0.5, 0.6) is 0 Å². The largest absolute Gasteiger partial charge is 0.396 e. The van der Waals surface area contributed by atoms with Gasteiger partial charge in [0, 0.05) is 37.5 Å². The molecular formula is C29H30N4O4. The minimum atomic E-state index is -0.738. The molecule has 1 heterocycles. The Morgan fingerprint density at radius 2 is 1.84 bits per heavy atom. The van der Waals surface area contributed by atoms with Crippen LogP contribution in [-0.2, 0) is 17.8 Å². The average molecular weight is 499 g/mol. The van der Waals surface area contributed by atoms with Crippen molar-refractivity contribution in [2.75, 3.05) is 19.0 Å². The Morgan fingerprint density at radius 3 is 2.54 bits per heavy atom. The molecule has 0 aliphatic carbocycles. The van der Waals surface area contributed by atoms with Gasteiger partial charge in [-0.2, -0.15) is 0 Å². The van der Waals surface area contributed by atoms with Gasteiger partial charge in [0.05, 0.1) is 0 Å². The third-order valence-corrected chi connectivity index (χ3v) is 6.56. The molecule has 0 saturated heterocycles. The number of pyridine rings is 1. The van der Waals surface area contributed by atoms with Gasteiger partial charge in [0.2, 0.25) is 5.91 Å². The van der Waals surface area contributed by atoms with Crippen LogP contribution in [0.3, 0.4) is 0 Å². The first-order valence-electron chi connectivity index (χ1n) is 12.1. The van der Waals surface area contributed by atoms with Gasteiger partial charge in [0.15, 0.2) is 0 Å². The van der Waals surface area contributed by atoms with Gasteiger partial charge in [-0.1, -0.05) is 30.3 Å². The number of aryl methyl sites for hydroxylation is 2. The van der Waals surface area contributed by atoms with Gasteiger partial charge in [0.25, 0.3) is 5.56 Å². The maximum Gasteiger partial charge on any atom is 0.255 e. The van der Waals surface area contributed by atoms with Gasteiger partial charge in [-0.05, 0) is 89.0 Å². The van der Waals surface area contributed by atoms with E-state index in [4.69, 9.17) is 0 Å². The second-order valence-electron chi connectivity index (χ2n) is 9.25. The van der Waals surface area contributed by atoms with Crippen LogP contribution in [0, 0.1) is 18.8 Å². The number of benzene rings is 3. The summed E-state index contributed by atoms with van der Waals surface area (Å²) in [6.45, 7) is 4.28. The first kappa shape index (κ1) is 25.8. The number of nitrogens with zero attached hydrogens (tertiary/aromatic N) is 2. The second kappa shape index (κ2) is 11.2. The number of anilines is 1. The van der Waals surface area contributed by atoms with Crippen molar-refractivity contribution in [3.8, 4) is 0 Å². The molecule has 190 valence electrons. The number of aromatic nitrogens is 1. The van der Waals surface area contributed by atoms with Gasteiger partial charge in [0.1, 0.15) is 11.7 Å². The molecule has 1 atom stereocenters. The predicted octanol–water partition coefficient (Wildman–Crippen LogP) is 4.89. The van der Waals surface area contributed by atoms with E-state index < -0.39 is 6.04 Å². The summed E-state index contributed by atoms with van der Waals surface area (Å²) in [6.07, 6.45) is 2.14. The second-order valence-corrected chi connectivity index (χ2v) is 9.25. The maximum atomic E-state index is 13.8. The van der Waals surface area contributed by atoms with E-state index in [9.17, 15) is 19.6 Å². The van der Waals surface area contributed by atoms with Crippen molar-refractivity contribution < 1.29 is 9.90 Å². The van der Waals surface area contributed by atoms with E-state index in [2.05, 4.69) is 15.5 Å². The van der Waals surface area contributed by atoms with Crippen molar-refractivity contribution in [3.63, 3.8) is 0 Å². The van der Waals surface area contributed by atoms with Gasteiger partial charge in [-0.25, -0.2) is 0 Å². The van der Waals surface area contributed by atoms with E-state index in [0.717, 1.165) is 33.2 Å². The van der Waals surface area contributed by atoms with E-state index in [1.807, 2.05) is 50.2 Å². The lowest BCUT2D eigenvalue weighted by atomic mass is 9.93. The highest BCUT2D eigenvalue weighted by molar-refractivity contribution is 5.89. The molecule has 4 aromatic rings. The van der Waals surface area contributed by atoms with Crippen LogP contribution in [0.15, 0.2) is 76.8 Å². The van der Waals surface area contributed by atoms with Gasteiger partial charge in [-0.3, -0.25) is 9.59 Å². The van der Waals surface area contributed by atoms with Crippen LogP contribution >= 0.6 is 0 Å². The van der Waals surface area contributed by atoms with Gasteiger partial charge in [-0.15, -0.1) is 4.91 Å². The third kappa shape index (κ3) is 5.76. The molecule has 0 aliphatic heterocycles. The minimum absolute atomic E-state index is 0.0463. The normalized spacial score (nSPS) is 11.8. The summed E-state index contributed by atoms with van der Waals surface area (Å²) >= 11 is 0. The number of nitroso groups, excluding NO2 is 1. The zero-order valence-corrected chi connectivity index (χ0v) is 21.1. The van der Waals surface area contributed by atoms with Crippen molar-refractivity contribution in [1.29, 1.82) is 0 Å². The molecule has 0 aliphatic rings. The number of aliphatic hydroxyl groups excluding tert-OH is 1. The number of fused-ring (bicyclic) bond motifs is 1. The molecule has 0 fully saturated rings. The predicted molar refractivity (Wildman–Crippen MR) is 146 cm³/mol. The number of nitrogens with one attached hydrogen (secondary N) is 2. The van der Waals surface area contributed by atoms with E-state index in [1.54, 1.807) is 42.4 Å². The Kier molecular flexibility index (Phi) is 7.79. The van der Waals surface area contributed by atoms with E-state index in [0.29, 0.717) is 29.7 Å². The van der Waals surface area contributed by atoms with Crippen molar-refractivity contribution in [1.82, 2.24) is 9.88 Å². The molecule has 0 radical (unpaired) electrons. The van der Waals surface area contributed by atoms with Gasteiger partial charge >= 0.3 is 0 Å². The number of likely N-dealkylation sites (N-methyl/N-ethyl adjacent to an activating group) is 1. The van der Waals surface area contributed by atoms with Crippen LogP contribution < -0.4 is 10.9 Å². The number of hydrogen-bond acceptors (Lipinski definition) is 6. The molecule has 8 nitrogen and oxygen atoms in total. The maximum absolute atomic E-state index is 13.8. The van der Waals surface area contributed by atoms with E-state index in [1.165, 1.54) is 0 Å². The van der Waals surface area contributed by atoms with E-state index in [-0.39, 0.29) is 18.1 Å². The molecule has 4 rings (SSSR count). The number of aliphatic hydroxyl groups is 1. The fourth-order valence-electron chi connectivity index (χ4n) is 4.71. The average Bonchev–Trinajstić information content (AvgIpc) is 2.89. The highest BCUT2D eigenvalue weighted by Crippen LogP contribution is 2.28. The smallest absolute Gasteiger partial charge is 0.255 e. The summed E-state index contributed by atoms with van der Waals surface area (Å²) in [5.41, 5.74) is 5.34. The summed E-state index contributed by atoms with van der Waals surface area (Å²) in [5.74, 6) is -0.180. The Hall–Kier alpha value is -4.30. The fraction of sp³-hybridized carbons (Fsp3) is 0.241. The van der Waals surface area contributed by atoms with Crippen molar-refractivity contribution in [2.24, 2.45) is 5.18 Å². The zero-order chi connectivity index (χ0) is 26.5. The molecule has 1 aromatic heterocycles. The molecule has 1 amide bonds. The molecule has 3 N–H and O–H groups in total. The van der Waals surface area contributed by atoms with Crippen LogP contribution in [0.2, 0.25) is 0 Å². The standard InChI is InChI=1S/C29H30N4O4/c1-18-13-22(14-19(2)25(18)10-12-34)27(29(36)33(3)17-20-5-4-6-24(15-20)32-37)31-23-8-7-21-9-11-30-28(35)26(21)16-23/h4-9,11,13-16,27,31,34H,10,12,17H2,1-3H3,(H,30,35). The lowest BCUT2D eigenvalue weighted by Gasteiger charge is -2.27. The van der Waals surface area contributed by atoms with Crippen molar-refractivity contribution >= 4 is 28.1 Å². The van der Waals surface area contributed by atoms with E-state index >= 15 is 0 Å². The molecule has 0 bridgehead atoms. The van der Waals surface area contributed by atoms with Crippen molar-refractivity contribution in [3.05, 3.63) is 110 Å². The molecule has 1 unspecified atom stereocenters. The SMILES string of the molecule is Cc1cc(C(Nc2ccc3cc[nH]c(=O)c3c2)C(=O)N(C)Cc2cccc(N=O)c2)cc(C)c1CCO. The summed E-state index contributed by atoms with van der Waals surface area (Å²) in [7, 11) is 1.71.